The van der Waals surface area contributed by atoms with Gasteiger partial charge < -0.3 is 10.6 Å². The Kier molecular flexibility index (Phi) is 6.45. The SMILES string of the molecule is O=C(Nc1c2c(cc3c1CCC3)CCC2)NS(=O)(=O)c1ccc(CCNC(=O)[C@]23CC4CC(C[C@H](C4)C2)C3)cc1. The highest BCUT2D eigenvalue weighted by Gasteiger charge is 2.54. The second-order valence-corrected chi connectivity index (χ2v) is 14.8. The van der Waals surface area contributed by atoms with Crippen LogP contribution >= 0.6 is 0 Å². The fraction of sp³-hybridized carbons (Fsp3) is 0.562. The summed E-state index contributed by atoms with van der Waals surface area (Å²) in [4.78, 5) is 26.1. The maximum absolute atomic E-state index is 13.2. The third-order valence-corrected chi connectivity index (χ3v) is 11.7. The minimum Gasteiger partial charge on any atom is -0.355 e. The van der Waals surface area contributed by atoms with E-state index in [1.807, 2.05) is 0 Å². The average molecular weight is 562 g/mol. The molecule has 2 aromatic carbocycles. The zero-order valence-corrected chi connectivity index (χ0v) is 23.9. The van der Waals surface area contributed by atoms with Gasteiger partial charge in [-0.05, 0) is 141 Å². The molecule has 7 nitrogen and oxygen atoms in total. The summed E-state index contributed by atoms with van der Waals surface area (Å²) in [5.74, 6) is 2.42. The van der Waals surface area contributed by atoms with E-state index in [4.69, 9.17) is 0 Å². The van der Waals surface area contributed by atoms with Crippen LogP contribution in [0.1, 0.15) is 79.2 Å². The van der Waals surface area contributed by atoms with Gasteiger partial charge in [0, 0.05) is 17.6 Å². The van der Waals surface area contributed by atoms with E-state index in [0.29, 0.717) is 13.0 Å². The Balaban J connectivity index is 0.951. The molecule has 40 heavy (non-hydrogen) atoms. The van der Waals surface area contributed by atoms with E-state index in [0.717, 1.165) is 97.9 Å². The number of hydrogen-bond acceptors (Lipinski definition) is 4. The Morgan fingerprint density at radius 2 is 1.40 bits per heavy atom. The maximum atomic E-state index is 13.2. The Bertz CT molecular complexity index is 1400. The number of hydrogen-bond donors (Lipinski definition) is 3. The molecule has 3 N–H and O–H groups in total. The number of carbonyl (C=O) groups is 2. The van der Waals surface area contributed by atoms with E-state index in [9.17, 15) is 18.0 Å². The number of carbonyl (C=O) groups excluding carboxylic acids is 2. The molecule has 0 radical (unpaired) electrons. The molecule has 6 aliphatic rings. The van der Waals surface area contributed by atoms with Crippen molar-refractivity contribution in [3.8, 4) is 0 Å². The molecule has 0 aromatic heterocycles. The van der Waals surface area contributed by atoms with Crippen LogP contribution in [0.3, 0.4) is 0 Å². The summed E-state index contributed by atoms with van der Waals surface area (Å²) in [6.45, 7) is 0.541. The molecule has 2 aromatic rings. The highest BCUT2D eigenvalue weighted by atomic mass is 32.2. The van der Waals surface area contributed by atoms with Crippen molar-refractivity contribution >= 4 is 27.6 Å². The molecule has 212 valence electrons. The molecule has 0 spiro atoms. The molecule has 0 heterocycles. The first-order valence-corrected chi connectivity index (χ1v) is 16.6. The molecule has 8 heteroatoms. The minimum absolute atomic E-state index is 0.0486. The van der Waals surface area contributed by atoms with Crippen molar-refractivity contribution < 1.29 is 18.0 Å². The molecular formula is C32H39N3O4S. The predicted octanol–water partition coefficient (Wildman–Crippen LogP) is 5.05. The Morgan fingerprint density at radius 1 is 0.825 bits per heavy atom. The van der Waals surface area contributed by atoms with Crippen molar-refractivity contribution in [2.75, 3.05) is 11.9 Å². The number of amides is 3. The van der Waals surface area contributed by atoms with Gasteiger partial charge >= 0.3 is 6.03 Å². The van der Waals surface area contributed by atoms with Crippen molar-refractivity contribution in [3.05, 3.63) is 58.1 Å². The van der Waals surface area contributed by atoms with Gasteiger partial charge in [-0.2, -0.15) is 0 Å². The van der Waals surface area contributed by atoms with E-state index in [1.54, 1.807) is 12.1 Å². The van der Waals surface area contributed by atoms with Crippen molar-refractivity contribution in [1.29, 1.82) is 0 Å². The smallest absolute Gasteiger partial charge is 0.333 e. The summed E-state index contributed by atoms with van der Waals surface area (Å²) < 4.78 is 28.2. The van der Waals surface area contributed by atoms with Crippen LogP contribution in [0.4, 0.5) is 10.5 Å². The molecule has 4 saturated carbocycles. The fourth-order valence-electron chi connectivity index (χ4n) is 9.02. The van der Waals surface area contributed by atoms with Gasteiger partial charge in [0.05, 0.1) is 4.90 Å². The summed E-state index contributed by atoms with van der Waals surface area (Å²) in [6, 6.07) is 8.15. The van der Waals surface area contributed by atoms with E-state index in [-0.39, 0.29) is 16.2 Å². The topological polar surface area (TPSA) is 104 Å². The quantitative estimate of drug-likeness (QED) is 0.440. The van der Waals surface area contributed by atoms with Crippen LogP contribution in [0, 0.1) is 23.2 Å². The molecule has 0 unspecified atom stereocenters. The Labute approximate surface area is 236 Å². The van der Waals surface area contributed by atoms with E-state index in [1.165, 1.54) is 42.5 Å². The lowest BCUT2D eigenvalue weighted by molar-refractivity contribution is -0.146. The Hall–Kier alpha value is -2.87. The summed E-state index contributed by atoms with van der Waals surface area (Å²) in [7, 11) is -4.02. The second kappa shape index (κ2) is 9.89. The summed E-state index contributed by atoms with van der Waals surface area (Å²) in [5, 5.41) is 6.09. The first-order chi connectivity index (χ1) is 19.3. The number of aryl methyl sites for hydroxylation is 2. The summed E-state index contributed by atoms with van der Waals surface area (Å²) in [5.41, 5.74) is 6.50. The number of sulfonamides is 1. The third-order valence-electron chi connectivity index (χ3n) is 10.4. The fourth-order valence-corrected chi connectivity index (χ4v) is 9.93. The molecule has 4 fully saturated rings. The van der Waals surface area contributed by atoms with Gasteiger partial charge in [-0.1, -0.05) is 18.2 Å². The molecule has 0 atom stereocenters. The Morgan fingerprint density at radius 3 is 1.98 bits per heavy atom. The van der Waals surface area contributed by atoms with Gasteiger partial charge in [-0.3, -0.25) is 4.79 Å². The average Bonchev–Trinajstić information content (AvgIpc) is 3.57. The molecule has 8 rings (SSSR count). The van der Waals surface area contributed by atoms with Crippen molar-refractivity contribution in [1.82, 2.24) is 10.0 Å². The zero-order chi connectivity index (χ0) is 27.5. The molecule has 4 bridgehead atoms. The lowest BCUT2D eigenvalue weighted by Crippen LogP contribution is -2.53. The van der Waals surface area contributed by atoms with Crippen LogP contribution in [-0.4, -0.2) is 26.9 Å². The summed E-state index contributed by atoms with van der Waals surface area (Å²) >= 11 is 0. The molecular weight excluding hydrogens is 522 g/mol. The number of nitrogens with one attached hydrogen (secondary N) is 3. The molecule has 3 amide bonds. The monoisotopic (exact) mass is 561 g/mol. The highest BCUT2D eigenvalue weighted by molar-refractivity contribution is 7.90. The lowest BCUT2D eigenvalue weighted by Gasteiger charge is -2.55. The normalized spacial score (nSPS) is 27.8. The van der Waals surface area contributed by atoms with Crippen molar-refractivity contribution in [2.45, 2.75) is 88.4 Å². The van der Waals surface area contributed by atoms with Crippen molar-refractivity contribution in [3.63, 3.8) is 0 Å². The van der Waals surface area contributed by atoms with Crippen LogP contribution in [0.15, 0.2) is 35.2 Å². The van der Waals surface area contributed by atoms with Crippen LogP contribution in [-0.2, 0) is 46.9 Å². The largest absolute Gasteiger partial charge is 0.355 e. The first kappa shape index (κ1) is 26.1. The van der Waals surface area contributed by atoms with E-state index >= 15 is 0 Å². The molecule has 6 aliphatic carbocycles. The summed E-state index contributed by atoms with van der Waals surface area (Å²) in [6.07, 6.45) is 13.7. The maximum Gasteiger partial charge on any atom is 0.333 e. The predicted molar refractivity (Wildman–Crippen MR) is 154 cm³/mol. The van der Waals surface area contributed by atoms with Crippen LogP contribution in [0.2, 0.25) is 0 Å². The van der Waals surface area contributed by atoms with Gasteiger partial charge in [0.15, 0.2) is 0 Å². The van der Waals surface area contributed by atoms with Gasteiger partial charge in [0.2, 0.25) is 5.91 Å². The van der Waals surface area contributed by atoms with Crippen LogP contribution in [0.25, 0.3) is 0 Å². The second-order valence-electron chi connectivity index (χ2n) is 13.1. The number of fused-ring (bicyclic) bond motifs is 2. The third kappa shape index (κ3) is 4.72. The number of benzene rings is 2. The molecule has 0 aliphatic heterocycles. The zero-order valence-electron chi connectivity index (χ0n) is 23.1. The van der Waals surface area contributed by atoms with Gasteiger partial charge in [-0.15, -0.1) is 0 Å². The standard InChI is InChI=1S/C32H39N3O4S/c36-30(32-17-21-13-22(18-32)15-23(14-21)19-32)33-12-11-20-7-9-26(10-8-20)40(38,39)35-31(37)34-29-27-5-1-3-24(27)16-25-4-2-6-28(25)29/h7-10,16,21-23H,1-6,11-15,17-19H2,(H,33,36)(H2,34,35,37)/t21-,22?,23?,32-. The van der Waals surface area contributed by atoms with Gasteiger partial charge in [-0.25, -0.2) is 17.9 Å². The highest BCUT2D eigenvalue weighted by Crippen LogP contribution is 2.60. The minimum atomic E-state index is -4.02. The van der Waals surface area contributed by atoms with E-state index < -0.39 is 16.1 Å². The number of rotatable bonds is 7. The van der Waals surface area contributed by atoms with Crippen LogP contribution < -0.4 is 15.4 Å². The van der Waals surface area contributed by atoms with Gasteiger partial charge in [0.25, 0.3) is 10.0 Å². The van der Waals surface area contributed by atoms with Gasteiger partial charge in [0.1, 0.15) is 0 Å². The molecule has 0 saturated heterocycles. The van der Waals surface area contributed by atoms with E-state index in [2.05, 4.69) is 21.4 Å². The van der Waals surface area contributed by atoms with Crippen LogP contribution in [0.5, 0.6) is 0 Å². The number of anilines is 1. The first-order valence-electron chi connectivity index (χ1n) is 15.2. The lowest BCUT2D eigenvalue weighted by atomic mass is 9.49. The number of urea groups is 1. The van der Waals surface area contributed by atoms with Crippen molar-refractivity contribution in [2.24, 2.45) is 23.2 Å².